The number of nitrogens with one attached hydrogen (secondary N) is 3. The van der Waals surface area contributed by atoms with Crippen molar-refractivity contribution < 1.29 is 4.79 Å². The molecular weight excluding hydrogens is 310 g/mol. The lowest BCUT2D eigenvalue weighted by molar-refractivity contribution is -0.114. The first kappa shape index (κ1) is 15.4. The molecule has 0 aromatic carbocycles. The molecular formula is C16H17N5OS. The summed E-state index contributed by atoms with van der Waals surface area (Å²) in [5.41, 5.74) is 3.75. The summed E-state index contributed by atoms with van der Waals surface area (Å²) >= 11 is 1.60. The van der Waals surface area contributed by atoms with Crippen LogP contribution in [0.1, 0.15) is 6.92 Å². The van der Waals surface area contributed by atoms with E-state index in [-0.39, 0.29) is 5.91 Å². The maximum atomic E-state index is 11.2. The molecule has 3 aromatic heterocycles. The third kappa shape index (κ3) is 3.14. The highest BCUT2D eigenvalue weighted by Crippen LogP contribution is 2.31. The van der Waals surface area contributed by atoms with E-state index in [1.807, 2.05) is 37.7 Å². The van der Waals surface area contributed by atoms with Gasteiger partial charge in [-0.3, -0.25) is 4.79 Å². The average molecular weight is 327 g/mol. The summed E-state index contributed by atoms with van der Waals surface area (Å²) < 4.78 is 0. The van der Waals surface area contributed by atoms with Crippen LogP contribution in [-0.4, -0.2) is 34.2 Å². The van der Waals surface area contributed by atoms with E-state index in [2.05, 4.69) is 25.6 Å². The molecule has 0 aliphatic rings. The Bertz CT molecular complexity index is 852. The molecule has 23 heavy (non-hydrogen) atoms. The van der Waals surface area contributed by atoms with Gasteiger partial charge in [-0.1, -0.05) is 0 Å². The van der Waals surface area contributed by atoms with Crippen molar-refractivity contribution in [3.63, 3.8) is 0 Å². The fourth-order valence-corrected chi connectivity index (χ4v) is 2.81. The Hall–Kier alpha value is -2.54. The number of hydrogen-bond donors (Lipinski definition) is 3. The summed E-state index contributed by atoms with van der Waals surface area (Å²) in [6, 6.07) is 5.86. The number of carbonyl (C=O) groups excluding carboxylic acids is 1. The Morgan fingerprint density at radius 1 is 1.30 bits per heavy atom. The number of thioether (sulfide) groups is 1. The first-order chi connectivity index (χ1) is 11.1. The second-order valence-corrected chi connectivity index (χ2v) is 5.86. The molecule has 0 unspecified atom stereocenters. The lowest BCUT2D eigenvalue weighted by atomic mass is 10.1. The van der Waals surface area contributed by atoms with Crippen LogP contribution in [0.3, 0.4) is 0 Å². The van der Waals surface area contributed by atoms with Gasteiger partial charge in [0, 0.05) is 36.8 Å². The molecule has 3 heterocycles. The number of H-pyrrole nitrogens is 1. The fraction of sp³-hybridized carbons (Fsp3) is 0.188. The number of carbonyl (C=O) groups is 1. The van der Waals surface area contributed by atoms with Crippen molar-refractivity contribution in [2.24, 2.45) is 0 Å². The molecule has 3 rings (SSSR count). The molecule has 0 aliphatic carbocycles. The van der Waals surface area contributed by atoms with Crippen LogP contribution in [0, 0.1) is 0 Å². The van der Waals surface area contributed by atoms with Gasteiger partial charge in [0.1, 0.15) is 5.82 Å². The molecule has 0 radical (unpaired) electrons. The lowest BCUT2D eigenvalue weighted by Gasteiger charge is -2.07. The largest absolute Gasteiger partial charge is 0.388 e. The molecule has 0 spiro atoms. The molecule has 3 aromatic rings. The van der Waals surface area contributed by atoms with Gasteiger partial charge in [0.2, 0.25) is 5.91 Å². The van der Waals surface area contributed by atoms with E-state index in [0.717, 1.165) is 32.9 Å². The summed E-state index contributed by atoms with van der Waals surface area (Å²) in [6.45, 7) is 1.46. The SMILES string of the molecule is CNc1cc(SC)nc(-c2c[nH]c3cnc(NC(C)=O)cc23)c1. The minimum absolute atomic E-state index is 0.145. The number of rotatable bonds is 4. The van der Waals surface area contributed by atoms with Crippen molar-refractivity contribution in [3.05, 3.63) is 30.6 Å². The average Bonchev–Trinajstić information content (AvgIpc) is 2.97. The van der Waals surface area contributed by atoms with Crippen LogP contribution in [0.4, 0.5) is 11.5 Å². The third-order valence-electron chi connectivity index (χ3n) is 3.45. The van der Waals surface area contributed by atoms with Crippen LogP contribution in [0.5, 0.6) is 0 Å². The minimum Gasteiger partial charge on any atom is -0.388 e. The maximum Gasteiger partial charge on any atom is 0.222 e. The van der Waals surface area contributed by atoms with Crippen LogP contribution >= 0.6 is 11.8 Å². The molecule has 3 N–H and O–H groups in total. The Morgan fingerprint density at radius 2 is 2.13 bits per heavy atom. The van der Waals surface area contributed by atoms with Crippen LogP contribution in [-0.2, 0) is 4.79 Å². The first-order valence-electron chi connectivity index (χ1n) is 7.09. The Labute approximate surface area is 138 Å². The topological polar surface area (TPSA) is 82.7 Å². The Balaban J connectivity index is 2.14. The van der Waals surface area contributed by atoms with Crippen LogP contribution in [0.15, 0.2) is 35.6 Å². The van der Waals surface area contributed by atoms with E-state index >= 15 is 0 Å². The molecule has 0 bridgehead atoms. The smallest absolute Gasteiger partial charge is 0.222 e. The van der Waals surface area contributed by atoms with Gasteiger partial charge in [0.05, 0.1) is 22.4 Å². The molecule has 1 amide bonds. The molecule has 0 atom stereocenters. The van der Waals surface area contributed by atoms with Crippen molar-refractivity contribution >= 4 is 40.1 Å². The zero-order chi connectivity index (χ0) is 16.4. The number of amides is 1. The summed E-state index contributed by atoms with van der Waals surface area (Å²) in [4.78, 5) is 23.3. The second kappa shape index (κ2) is 6.29. The zero-order valence-corrected chi connectivity index (χ0v) is 13.9. The Morgan fingerprint density at radius 3 is 2.83 bits per heavy atom. The number of pyridine rings is 2. The summed E-state index contributed by atoms with van der Waals surface area (Å²) in [7, 11) is 1.89. The van der Waals surface area contributed by atoms with Gasteiger partial charge in [0.25, 0.3) is 0 Å². The first-order valence-corrected chi connectivity index (χ1v) is 8.32. The molecule has 118 valence electrons. The lowest BCUT2D eigenvalue weighted by Crippen LogP contribution is -2.06. The number of nitrogens with zero attached hydrogens (tertiary/aromatic N) is 2. The van der Waals surface area contributed by atoms with E-state index < -0.39 is 0 Å². The van der Waals surface area contributed by atoms with Gasteiger partial charge in [-0.15, -0.1) is 11.8 Å². The number of aromatic nitrogens is 3. The predicted molar refractivity (Wildman–Crippen MR) is 95.0 cm³/mol. The molecule has 0 aliphatic heterocycles. The highest BCUT2D eigenvalue weighted by Gasteiger charge is 2.11. The molecule has 0 saturated carbocycles. The van der Waals surface area contributed by atoms with Gasteiger partial charge >= 0.3 is 0 Å². The number of anilines is 2. The highest BCUT2D eigenvalue weighted by atomic mass is 32.2. The zero-order valence-electron chi connectivity index (χ0n) is 13.1. The highest BCUT2D eigenvalue weighted by molar-refractivity contribution is 7.98. The van der Waals surface area contributed by atoms with Gasteiger partial charge in [0.15, 0.2) is 0 Å². The predicted octanol–water partition coefficient (Wildman–Crippen LogP) is 3.35. The van der Waals surface area contributed by atoms with Gasteiger partial charge in [-0.2, -0.15) is 0 Å². The monoisotopic (exact) mass is 327 g/mol. The van der Waals surface area contributed by atoms with Crippen molar-refractivity contribution in [3.8, 4) is 11.3 Å². The van der Waals surface area contributed by atoms with E-state index in [4.69, 9.17) is 0 Å². The van der Waals surface area contributed by atoms with Crippen LogP contribution in [0.2, 0.25) is 0 Å². The van der Waals surface area contributed by atoms with Crippen molar-refractivity contribution in [1.82, 2.24) is 15.0 Å². The van der Waals surface area contributed by atoms with Gasteiger partial charge < -0.3 is 15.6 Å². The third-order valence-corrected chi connectivity index (χ3v) is 4.07. The summed E-state index contributed by atoms with van der Waals surface area (Å²) in [6.07, 6.45) is 5.62. The van der Waals surface area contributed by atoms with Crippen molar-refractivity contribution in [2.45, 2.75) is 11.9 Å². The van der Waals surface area contributed by atoms with E-state index in [1.165, 1.54) is 6.92 Å². The minimum atomic E-state index is -0.145. The number of aromatic amines is 1. The van der Waals surface area contributed by atoms with E-state index in [9.17, 15) is 4.79 Å². The number of hydrogen-bond acceptors (Lipinski definition) is 5. The Kier molecular flexibility index (Phi) is 4.20. The van der Waals surface area contributed by atoms with Gasteiger partial charge in [-0.05, 0) is 24.5 Å². The van der Waals surface area contributed by atoms with Crippen molar-refractivity contribution in [2.75, 3.05) is 23.9 Å². The van der Waals surface area contributed by atoms with Crippen LogP contribution in [0.25, 0.3) is 22.2 Å². The number of fused-ring (bicyclic) bond motifs is 1. The van der Waals surface area contributed by atoms with E-state index in [1.54, 1.807) is 18.0 Å². The van der Waals surface area contributed by atoms with Gasteiger partial charge in [-0.25, -0.2) is 9.97 Å². The second-order valence-electron chi connectivity index (χ2n) is 5.03. The normalized spacial score (nSPS) is 10.7. The van der Waals surface area contributed by atoms with Crippen LogP contribution < -0.4 is 10.6 Å². The molecule has 6 nitrogen and oxygen atoms in total. The molecule has 0 fully saturated rings. The molecule has 0 saturated heterocycles. The standard InChI is InChI=1S/C16H17N5OS/c1-9(22)20-15-6-11-12(7-18-14(11)8-19-15)13-4-10(17-2)5-16(21-13)23-3/h4-8,18H,1-3H3,(H,17,21)(H,19,20,22). The van der Waals surface area contributed by atoms with Crippen molar-refractivity contribution in [1.29, 1.82) is 0 Å². The van der Waals surface area contributed by atoms with E-state index in [0.29, 0.717) is 5.82 Å². The quantitative estimate of drug-likeness (QED) is 0.640. The maximum absolute atomic E-state index is 11.2. The fourth-order valence-electron chi connectivity index (χ4n) is 2.37. The molecule has 7 heteroatoms. The summed E-state index contributed by atoms with van der Waals surface area (Å²) in [5.74, 6) is 0.384. The summed E-state index contributed by atoms with van der Waals surface area (Å²) in [5, 5.41) is 7.78.